The zero-order valence-electron chi connectivity index (χ0n) is 14.8. The van der Waals surface area contributed by atoms with E-state index < -0.39 is 0 Å². The van der Waals surface area contributed by atoms with Gasteiger partial charge in [-0.05, 0) is 23.5 Å². The molecule has 1 aromatic heterocycles. The van der Waals surface area contributed by atoms with Crippen LogP contribution in [0.3, 0.4) is 0 Å². The lowest BCUT2D eigenvalue weighted by atomic mass is 9.89. The molecule has 140 valence electrons. The highest BCUT2D eigenvalue weighted by atomic mass is 79.9. The number of halogens is 2. The van der Waals surface area contributed by atoms with E-state index in [1.807, 2.05) is 60.7 Å². The second-order valence-corrected chi connectivity index (χ2v) is 10.6. The third kappa shape index (κ3) is 2.71. The van der Waals surface area contributed by atoms with Gasteiger partial charge in [0, 0.05) is 26.7 Å². The second-order valence-electron chi connectivity index (χ2n) is 7.31. The van der Waals surface area contributed by atoms with Crippen molar-refractivity contribution >= 4 is 54.8 Å². The van der Waals surface area contributed by atoms with Crippen LogP contribution in [-0.2, 0) is 0 Å². The summed E-state index contributed by atoms with van der Waals surface area (Å²) in [5.41, 5.74) is 3.53. The molecule has 1 heterocycles. The number of carbonyl (C=O) groups is 2. The number of hydrogen-bond acceptors (Lipinski definition) is 3. The van der Waals surface area contributed by atoms with Crippen LogP contribution < -0.4 is 0 Å². The third-order valence-electron chi connectivity index (χ3n) is 5.77. The molecule has 2 unspecified atom stereocenters. The number of rotatable bonds is 4. The maximum atomic E-state index is 13.3. The van der Waals surface area contributed by atoms with Gasteiger partial charge in [-0.1, -0.05) is 92.5 Å². The maximum absolute atomic E-state index is 13.3. The van der Waals surface area contributed by atoms with E-state index in [-0.39, 0.29) is 28.2 Å². The second kappa shape index (κ2) is 7.05. The summed E-state index contributed by atoms with van der Waals surface area (Å²) < 4.78 is 0. The minimum atomic E-state index is 0.0147. The van der Waals surface area contributed by atoms with Crippen molar-refractivity contribution in [3.63, 3.8) is 0 Å². The van der Waals surface area contributed by atoms with E-state index >= 15 is 0 Å². The van der Waals surface area contributed by atoms with Crippen LogP contribution in [0.2, 0.25) is 0 Å². The Morgan fingerprint density at radius 3 is 1.82 bits per heavy atom. The van der Waals surface area contributed by atoms with Gasteiger partial charge in [0.25, 0.3) is 0 Å². The summed E-state index contributed by atoms with van der Waals surface area (Å²) in [7, 11) is 0. The first kappa shape index (κ1) is 18.5. The van der Waals surface area contributed by atoms with Crippen LogP contribution in [0.25, 0.3) is 0 Å². The van der Waals surface area contributed by atoms with Crippen LogP contribution in [0.1, 0.15) is 59.9 Å². The summed E-state index contributed by atoms with van der Waals surface area (Å²) in [6.45, 7) is 0. The molecule has 2 aliphatic rings. The van der Waals surface area contributed by atoms with Gasteiger partial charge in [0.1, 0.15) is 0 Å². The zero-order chi connectivity index (χ0) is 19.4. The number of carbonyl (C=O) groups excluding carboxylic acids is 2. The fraction of sp³-hybridized carbons (Fsp3) is 0.217. The van der Waals surface area contributed by atoms with Crippen LogP contribution in [0.15, 0.2) is 60.7 Å². The topological polar surface area (TPSA) is 34.1 Å². The van der Waals surface area contributed by atoms with Crippen LogP contribution in [0, 0.1) is 0 Å². The third-order valence-corrected chi connectivity index (χ3v) is 9.14. The highest BCUT2D eigenvalue weighted by Crippen LogP contribution is 2.62. The molecule has 4 atom stereocenters. The number of benzene rings is 2. The van der Waals surface area contributed by atoms with E-state index in [1.54, 1.807) is 0 Å². The molecule has 0 saturated heterocycles. The van der Waals surface area contributed by atoms with E-state index in [4.69, 9.17) is 0 Å². The minimum Gasteiger partial charge on any atom is -0.288 e. The lowest BCUT2D eigenvalue weighted by Crippen LogP contribution is -2.14. The molecule has 0 aliphatic heterocycles. The predicted molar refractivity (Wildman–Crippen MR) is 120 cm³/mol. The average Bonchev–Trinajstić information content (AvgIpc) is 3.34. The van der Waals surface area contributed by atoms with Crippen molar-refractivity contribution in [1.82, 2.24) is 0 Å². The highest BCUT2D eigenvalue weighted by Gasteiger charge is 2.54. The van der Waals surface area contributed by atoms with Crippen molar-refractivity contribution < 1.29 is 9.59 Å². The van der Waals surface area contributed by atoms with Crippen LogP contribution in [0.5, 0.6) is 0 Å². The summed E-state index contributed by atoms with van der Waals surface area (Å²) in [6, 6.07) is 18.7. The van der Waals surface area contributed by atoms with Crippen molar-refractivity contribution in [3.8, 4) is 0 Å². The molecule has 2 bridgehead atoms. The molecule has 2 aliphatic carbocycles. The summed E-state index contributed by atoms with van der Waals surface area (Å²) in [4.78, 5) is 28.7. The zero-order valence-corrected chi connectivity index (χ0v) is 18.8. The first-order chi connectivity index (χ1) is 13.6. The van der Waals surface area contributed by atoms with E-state index in [1.165, 1.54) is 11.3 Å². The van der Waals surface area contributed by atoms with Crippen molar-refractivity contribution in [2.24, 2.45) is 0 Å². The Morgan fingerprint density at radius 1 is 0.786 bits per heavy atom. The molecule has 5 rings (SSSR count). The van der Waals surface area contributed by atoms with Crippen molar-refractivity contribution in [2.75, 3.05) is 0 Å². The smallest absolute Gasteiger partial charge is 0.203 e. The molecule has 3 aromatic rings. The molecular weight excluding hydrogens is 500 g/mol. The van der Waals surface area contributed by atoms with Gasteiger partial charge in [-0.15, -0.1) is 11.3 Å². The van der Waals surface area contributed by atoms with Gasteiger partial charge in [0.05, 0.1) is 9.75 Å². The van der Waals surface area contributed by atoms with Gasteiger partial charge in [0.2, 0.25) is 11.6 Å². The first-order valence-corrected chi connectivity index (χ1v) is 11.9. The molecule has 5 heteroatoms. The maximum Gasteiger partial charge on any atom is 0.203 e. The van der Waals surface area contributed by atoms with Crippen molar-refractivity contribution in [3.05, 3.63) is 92.7 Å². The molecular formula is C23H16Br2O2S. The molecule has 1 fully saturated rings. The molecule has 0 N–H and O–H groups in total. The van der Waals surface area contributed by atoms with Crippen LogP contribution in [0.4, 0.5) is 0 Å². The van der Waals surface area contributed by atoms with Crippen LogP contribution >= 0.6 is 43.2 Å². The molecule has 2 aromatic carbocycles. The molecule has 1 saturated carbocycles. The minimum absolute atomic E-state index is 0.0147. The first-order valence-electron chi connectivity index (χ1n) is 9.22. The van der Waals surface area contributed by atoms with Gasteiger partial charge in [-0.25, -0.2) is 0 Å². The normalized spacial score (nSPS) is 24.9. The number of ketones is 2. The summed E-state index contributed by atoms with van der Waals surface area (Å²) in [6.07, 6.45) is 0.984. The summed E-state index contributed by atoms with van der Waals surface area (Å²) in [5, 5.41) is 0. The largest absolute Gasteiger partial charge is 0.288 e. The molecule has 28 heavy (non-hydrogen) atoms. The Balaban J connectivity index is 1.69. The summed E-state index contributed by atoms with van der Waals surface area (Å²) in [5.74, 6) is 0.519. The fourth-order valence-electron chi connectivity index (χ4n) is 4.52. The Kier molecular flexibility index (Phi) is 4.65. The molecule has 0 radical (unpaired) electrons. The SMILES string of the molecule is O=C(c1ccccc1)c1sc(C(=O)c2ccccc2)c2c1C1C[C@@H](Br)C2[C@H]1Br. The summed E-state index contributed by atoms with van der Waals surface area (Å²) >= 11 is 9.06. The number of fused-ring (bicyclic) bond motifs is 5. The number of hydrogen-bond donors (Lipinski definition) is 0. The lowest BCUT2D eigenvalue weighted by molar-refractivity contribution is 0.103. The average molecular weight is 516 g/mol. The van der Waals surface area contributed by atoms with E-state index in [0.717, 1.165) is 27.3 Å². The molecule has 0 spiro atoms. The predicted octanol–water partition coefficient (Wildman–Crippen LogP) is 6.32. The quantitative estimate of drug-likeness (QED) is 0.301. The van der Waals surface area contributed by atoms with Gasteiger partial charge in [-0.3, -0.25) is 9.59 Å². The standard InChI is InChI=1S/C23H16Br2O2S/c24-15-11-14-16-18(17(15)19(14)25)23(21(27)13-9-5-2-6-10-13)28-22(16)20(26)12-7-3-1-4-8-12/h1-10,14-15,17,19H,11H2/t14?,15-,17?,19+/m1/s1. The van der Waals surface area contributed by atoms with Crippen molar-refractivity contribution in [2.45, 2.75) is 27.9 Å². The number of thiophene rings is 1. The van der Waals surface area contributed by atoms with Gasteiger partial charge >= 0.3 is 0 Å². The van der Waals surface area contributed by atoms with Gasteiger partial charge in [-0.2, -0.15) is 0 Å². The van der Waals surface area contributed by atoms with Crippen molar-refractivity contribution in [1.29, 1.82) is 0 Å². The van der Waals surface area contributed by atoms with Gasteiger partial charge in [0.15, 0.2) is 0 Å². The van der Waals surface area contributed by atoms with E-state index in [0.29, 0.717) is 16.0 Å². The lowest BCUT2D eigenvalue weighted by Gasteiger charge is -2.18. The molecule has 0 amide bonds. The highest BCUT2D eigenvalue weighted by molar-refractivity contribution is 9.10. The fourth-order valence-corrected chi connectivity index (χ4v) is 8.39. The Labute approximate surface area is 184 Å². The van der Waals surface area contributed by atoms with Gasteiger partial charge < -0.3 is 0 Å². The monoisotopic (exact) mass is 514 g/mol. The van der Waals surface area contributed by atoms with Crippen LogP contribution in [-0.4, -0.2) is 21.2 Å². The Bertz CT molecular complexity index is 1070. The Hall–Kier alpha value is -1.56. The number of alkyl halides is 2. The van der Waals surface area contributed by atoms with E-state index in [2.05, 4.69) is 31.9 Å². The van der Waals surface area contributed by atoms with E-state index in [9.17, 15) is 9.59 Å². The Morgan fingerprint density at radius 2 is 1.29 bits per heavy atom. The molecule has 2 nitrogen and oxygen atoms in total.